The molecule has 0 radical (unpaired) electrons. The molecule has 0 saturated carbocycles. The number of rotatable bonds is 8. The fraction of sp³-hybridized carbons (Fsp3) is 0.353. The Kier molecular flexibility index (Phi) is 10.5. The molecule has 45 heavy (non-hydrogen) atoms. The van der Waals surface area contributed by atoms with Crippen molar-refractivity contribution in [2.24, 2.45) is 0 Å². The molecule has 2 N–H and O–H groups in total. The van der Waals surface area contributed by atoms with E-state index in [0.717, 1.165) is 67.0 Å². The van der Waals surface area contributed by atoms with Crippen molar-refractivity contribution in [1.82, 2.24) is 19.9 Å². The normalized spacial score (nSPS) is 14.4. The van der Waals surface area contributed by atoms with Crippen molar-refractivity contribution in [1.29, 1.82) is 0 Å². The van der Waals surface area contributed by atoms with Crippen LogP contribution in [0, 0.1) is 13.8 Å². The number of allylic oxidation sites excluding steroid dienone is 3. The first-order chi connectivity index (χ1) is 20.8. The van der Waals surface area contributed by atoms with E-state index in [0.29, 0.717) is 35.3 Å². The van der Waals surface area contributed by atoms with Crippen LogP contribution in [0.5, 0.6) is 0 Å². The number of fused-ring (bicyclic) bond motifs is 8. The third kappa shape index (κ3) is 6.82. The van der Waals surface area contributed by atoms with Gasteiger partial charge < -0.3 is 20.2 Å². The van der Waals surface area contributed by atoms with Crippen LogP contribution in [0.25, 0.3) is 44.4 Å². The second-order valence-corrected chi connectivity index (χ2v) is 13.1. The van der Waals surface area contributed by atoms with Crippen molar-refractivity contribution in [3.8, 4) is 0 Å². The van der Waals surface area contributed by atoms with Crippen molar-refractivity contribution in [3.05, 3.63) is 69.3 Å². The Morgan fingerprint density at radius 2 is 1.22 bits per heavy atom. The standard InChI is InChI=1S/C34H38N4O4S2.Fe/c1-15-21(7-9-31(39)40)27-14-28-22(8-10-32(41)42)16(2)24(36-28)12-29-34(20(6)44)18(4)26(38-29)13-30-33(19(5)43)17(3)25(37-30)11-23(15)35-27;/h11-14,19-20H,7-10H2,1-6H3,(H6,35,36,37,38,39,40,41,42,43,44);/q;+2/p-2/t19-,20-;/m1./s1. The van der Waals surface area contributed by atoms with E-state index in [1.165, 1.54) is 0 Å². The molecule has 0 spiro atoms. The zero-order valence-corrected chi connectivity index (χ0v) is 28.9. The molecule has 0 aliphatic carbocycles. The third-order valence-electron chi connectivity index (χ3n) is 8.49. The Morgan fingerprint density at radius 1 is 0.711 bits per heavy atom. The van der Waals surface area contributed by atoms with Crippen LogP contribution >= 0.6 is 25.3 Å². The maximum Gasteiger partial charge on any atom is 2.00 e. The molecule has 2 aliphatic heterocycles. The van der Waals surface area contributed by atoms with Gasteiger partial charge in [0.05, 0.1) is 22.8 Å². The number of carbonyl (C=O) groups is 2. The van der Waals surface area contributed by atoms with Gasteiger partial charge in [0.1, 0.15) is 0 Å². The topological polar surface area (TPSA) is 129 Å². The molecule has 0 unspecified atom stereocenters. The number of thiol groups is 2. The van der Waals surface area contributed by atoms with E-state index in [1.807, 2.05) is 65.8 Å². The summed E-state index contributed by atoms with van der Waals surface area (Å²) in [4.78, 5) is 43.1. The van der Waals surface area contributed by atoms with Gasteiger partial charge in [-0.2, -0.15) is 25.3 Å². The molecule has 8 bridgehead atoms. The second-order valence-electron chi connectivity index (χ2n) is 11.5. The van der Waals surface area contributed by atoms with E-state index >= 15 is 0 Å². The molecule has 2 atom stereocenters. The first-order valence-electron chi connectivity index (χ1n) is 14.6. The molecule has 3 aromatic heterocycles. The second kappa shape index (κ2) is 13.6. The van der Waals surface area contributed by atoms with Gasteiger partial charge in [-0.15, -0.1) is 22.1 Å². The number of aryl methyl sites for hydroxylation is 3. The van der Waals surface area contributed by atoms with Gasteiger partial charge in [0.25, 0.3) is 0 Å². The van der Waals surface area contributed by atoms with Crippen LogP contribution in [-0.4, -0.2) is 37.4 Å². The number of aromatic nitrogens is 4. The Labute approximate surface area is 284 Å². The van der Waals surface area contributed by atoms with Gasteiger partial charge in [0.2, 0.25) is 0 Å². The van der Waals surface area contributed by atoms with Gasteiger partial charge >= 0.3 is 29.0 Å². The maximum absolute atomic E-state index is 11.6. The van der Waals surface area contributed by atoms with Crippen molar-refractivity contribution in [2.45, 2.75) is 77.7 Å². The predicted octanol–water partition coefficient (Wildman–Crippen LogP) is 7.24. The molecule has 5 heterocycles. The van der Waals surface area contributed by atoms with Crippen LogP contribution in [0.1, 0.15) is 97.2 Å². The van der Waals surface area contributed by atoms with Crippen LogP contribution < -0.4 is 9.97 Å². The van der Waals surface area contributed by atoms with E-state index in [4.69, 9.17) is 45.2 Å². The molecule has 8 nitrogen and oxygen atoms in total. The molecule has 2 aliphatic rings. The average molecular weight is 685 g/mol. The van der Waals surface area contributed by atoms with E-state index < -0.39 is 11.9 Å². The van der Waals surface area contributed by atoms with Crippen molar-refractivity contribution >= 4 is 81.6 Å². The summed E-state index contributed by atoms with van der Waals surface area (Å²) in [5.41, 5.74) is 13.1. The first-order valence-corrected chi connectivity index (χ1v) is 15.6. The number of aliphatic carboxylic acids is 2. The molecule has 11 heteroatoms. The van der Waals surface area contributed by atoms with Gasteiger partial charge in [-0.3, -0.25) is 9.59 Å². The average Bonchev–Trinajstić information content (AvgIpc) is 3.59. The van der Waals surface area contributed by atoms with Crippen molar-refractivity contribution < 1.29 is 36.9 Å². The largest absolute Gasteiger partial charge is 2.00 e. The maximum atomic E-state index is 11.6. The zero-order chi connectivity index (χ0) is 32.0. The summed E-state index contributed by atoms with van der Waals surface area (Å²) in [6.07, 6.45) is 0.495. The molecule has 0 saturated heterocycles. The van der Waals surface area contributed by atoms with E-state index in [1.54, 1.807) is 0 Å². The summed E-state index contributed by atoms with van der Waals surface area (Å²) in [7, 11) is 0. The summed E-state index contributed by atoms with van der Waals surface area (Å²) in [6, 6.07) is 7.75. The van der Waals surface area contributed by atoms with Gasteiger partial charge in [0, 0.05) is 23.3 Å². The van der Waals surface area contributed by atoms with Crippen molar-refractivity contribution in [3.63, 3.8) is 0 Å². The third-order valence-corrected chi connectivity index (χ3v) is 9.01. The van der Waals surface area contributed by atoms with Gasteiger partial charge in [-0.25, -0.2) is 9.97 Å². The first kappa shape index (κ1) is 34.6. The summed E-state index contributed by atoms with van der Waals surface area (Å²) in [5, 5.41) is 18.8. The molecule has 3 aromatic rings. The number of hydrogen-bond acceptors (Lipinski definition) is 6. The van der Waals surface area contributed by atoms with Gasteiger partial charge in [-0.05, 0) is 82.2 Å². The van der Waals surface area contributed by atoms with E-state index in [9.17, 15) is 19.8 Å². The number of carboxylic acid groups (broad SMARTS) is 2. The number of carboxylic acids is 2. The molecule has 5 rings (SSSR count). The molecular formula is C34H36FeN4O4S2. The fourth-order valence-corrected chi connectivity index (χ4v) is 6.80. The minimum absolute atomic E-state index is 0. The minimum Gasteiger partial charge on any atom is -0.657 e. The molecule has 0 amide bonds. The number of hydrogen-bond donors (Lipinski definition) is 4. The zero-order valence-electron chi connectivity index (χ0n) is 26.0. The van der Waals surface area contributed by atoms with E-state index in [2.05, 4.69) is 0 Å². The van der Waals surface area contributed by atoms with Crippen LogP contribution in [0.4, 0.5) is 0 Å². The summed E-state index contributed by atoms with van der Waals surface area (Å²) in [5.74, 6) is -1.79. The molecular weight excluding hydrogens is 648 g/mol. The Morgan fingerprint density at radius 3 is 1.84 bits per heavy atom. The summed E-state index contributed by atoms with van der Waals surface area (Å²) < 4.78 is 0. The smallest absolute Gasteiger partial charge is 0.657 e. The Hall–Kier alpha value is -3.24. The monoisotopic (exact) mass is 684 g/mol. The van der Waals surface area contributed by atoms with Crippen LogP contribution in [0.3, 0.4) is 0 Å². The quantitative estimate of drug-likeness (QED) is 0.145. The summed E-state index contributed by atoms with van der Waals surface area (Å²) >= 11 is 9.58. The number of nitrogens with zero attached hydrogens (tertiary/aromatic N) is 4. The van der Waals surface area contributed by atoms with Crippen LogP contribution in [-0.2, 0) is 33.1 Å². The molecule has 0 fully saturated rings. The van der Waals surface area contributed by atoms with Crippen molar-refractivity contribution in [2.75, 3.05) is 0 Å². The predicted molar refractivity (Wildman–Crippen MR) is 182 cm³/mol. The van der Waals surface area contributed by atoms with Crippen LogP contribution in [0.2, 0.25) is 0 Å². The van der Waals surface area contributed by atoms with Gasteiger partial charge in [0.15, 0.2) is 0 Å². The Balaban J connectivity index is 0.00000461. The minimum atomic E-state index is -0.895. The SMILES string of the molecule is CC1=C(CCC(=O)O)c2cc3[n-]c(cc4nc(cc5[n-]c(cc1n2)c([C@@H](C)S)c5C)C([C@@H](C)S)=C4C)c(C)c3CCC(=O)O.[Fe+2]. The van der Waals surface area contributed by atoms with E-state index in [-0.39, 0.29) is 40.4 Å². The Bertz CT molecular complexity index is 1940. The molecule has 0 aromatic carbocycles. The van der Waals surface area contributed by atoms with Crippen LogP contribution in [0.15, 0.2) is 24.3 Å². The summed E-state index contributed by atoms with van der Waals surface area (Å²) in [6.45, 7) is 12.0. The molecule has 236 valence electrons. The van der Waals surface area contributed by atoms with Gasteiger partial charge in [-0.1, -0.05) is 41.0 Å². The fourth-order valence-electron chi connectivity index (χ4n) is 6.15.